The molecule has 1 saturated heterocycles. The Morgan fingerprint density at radius 2 is 2.38 bits per heavy atom. The normalized spacial score (nSPS) is 24.6. The van der Waals surface area contributed by atoms with Gasteiger partial charge in [0.05, 0.1) is 5.92 Å². The molecule has 0 aromatic heterocycles. The molecule has 0 amide bonds. The van der Waals surface area contributed by atoms with Crippen LogP contribution in [0.4, 0.5) is 0 Å². The maximum absolute atomic E-state index is 10.9. The summed E-state index contributed by atoms with van der Waals surface area (Å²) in [6.07, 6.45) is 1.71. The number of carboxylic acid groups (broad SMARTS) is 1. The highest BCUT2D eigenvalue weighted by molar-refractivity contribution is 5.70. The van der Waals surface area contributed by atoms with Crippen LogP contribution in [-0.4, -0.2) is 17.6 Å². The number of rotatable bonds is 3. The topological polar surface area (TPSA) is 49.3 Å². The zero-order chi connectivity index (χ0) is 11.5. The number of carboxylic acids is 1. The van der Waals surface area contributed by atoms with Crippen LogP contribution >= 0.6 is 0 Å². The van der Waals surface area contributed by atoms with Gasteiger partial charge in [0.25, 0.3) is 0 Å². The third-order valence-corrected chi connectivity index (χ3v) is 3.24. The molecule has 0 radical (unpaired) electrons. The first kappa shape index (κ1) is 11.1. The molecule has 1 heterocycles. The summed E-state index contributed by atoms with van der Waals surface area (Å²) in [6.45, 7) is 2.71. The molecule has 2 rings (SSSR count). The minimum atomic E-state index is -0.693. The first-order valence-corrected chi connectivity index (χ1v) is 5.75. The highest BCUT2D eigenvalue weighted by atomic mass is 16.4. The summed E-state index contributed by atoms with van der Waals surface area (Å²) >= 11 is 0. The highest BCUT2D eigenvalue weighted by Crippen LogP contribution is 2.27. The predicted octanol–water partition coefficient (Wildman–Crippen LogP) is 1.98. The number of aliphatic carboxylic acids is 1. The van der Waals surface area contributed by atoms with Gasteiger partial charge in [-0.2, -0.15) is 0 Å². The second-order valence-electron chi connectivity index (χ2n) is 4.33. The van der Waals surface area contributed by atoms with E-state index >= 15 is 0 Å². The molecule has 2 atom stereocenters. The Morgan fingerprint density at radius 1 is 1.56 bits per heavy atom. The molecule has 1 aromatic carbocycles. The number of benzene rings is 1. The lowest BCUT2D eigenvalue weighted by Gasteiger charge is -2.11. The lowest BCUT2D eigenvalue weighted by Crippen LogP contribution is -2.17. The van der Waals surface area contributed by atoms with Gasteiger partial charge in [0.1, 0.15) is 0 Å². The molecule has 3 heteroatoms. The number of aryl methyl sites for hydroxylation is 1. The van der Waals surface area contributed by atoms with Gasteiger partial charge >= 0.3 is 5.97 Å². The minimum absolute atomic E-state index is 0.201. The molecule has 1 aliphatic rings. The fraction of sp³-hybridized carbons (Fsp3) is 0.462. The van der Waals surface area contributed by atoms with Crippen LogP contribution in [0.15, 0.2) is 24.3 Å². The Balaban J connectivity index is 2.11. The van der Waals surface area contributed by atoms with E-state index in [-0.39, 0.29) is 12.0 Å². The summed E-state index contributed by atoms with van der Waals surface area (Å²) in [5, 5.41) is 12.2. The van der Waals surface area contributed by atoms with Crippen molar-refractivity contribution in [3.05, 3.63) is 35.4 Å². The van der Waals surface area contributed by atoms with Crippen molar-refractivity contribution in [1.29, 1.82) is 0 Å². The lowest BCUT2D eigenvalue weighted by molar-refractivity contribution is -0.141. The molecule has 2 N–H and O–H groups in total. The minimum Gasteiger partial charge on any atom is -0.481 e. The van der Waals surface area contributed by atoms with E-state index in [1.807, 2.05) is 6.07 Å². The van der Waals surface area contributed by atoms with Crippen molar-refractivity contribution >= 4 is 5.97 Å². The molecule has 0 bridgehead atoms. The number of nitrogens with one attached hydrogen (secondary N) is 1. The summed E-state index contributed by atoms with van der Waals surface area (Å²) in [5.41, 5.74) is 2.51. The molecule has 1 fully saturated rings. The zero-order valence-electron chi connectivity index (χ0n) is 9.44. The van der Waals surface area contributed by atoms with Crippen molar-refractivity contribution in [3.8, 4) is 0 Å². The fourth-order valence-corrected chi connectivity index (χ4v) is 2.21. The van der Waals surface area contributed by atoms with Gasteiger partial charge in [-0.15, -0.1) is 0 Å². The molecule has 0 aliphatic carbocycles. The standard InChI is InChI=1S/C13H17NO2/c1-2-9-4-3-5-10(6-9)12-7-11(8-14-12)13(15)16/h3-6,11-12,14H,2,7-8H2,1H3,(H,15,16). The molecular weight excluding hydrogens is 202 g/mol. The first-order chi connectivity index (χ1) is 7.70. The molecular formula is C13H17NO2. The van der Waals surface area contributed by atoms with Crippen molar-refractivity contribution in [3.63, 3.8) is 0 Å². The van der Waals surface area contributed by atoms with Gasteiger partial charge in [0, 0.05) is 12.6 Å². The van der Waals surface area contributed by atoms with Gasteiger partial charge in [-0.3, -0.25) is 4.79 Å². The van der Waals surface area contributed by atoms with Gasteiger partial charge < -0.3 is 10.4 Å². The van der Waals surface area contributed by atoms with Gasteiger partial charge in [0.2, 0.25) is 0 Å². The molecule has 0 spiro atoms. The Hall–Kier alpha value is -1.35. The summed E-state index contributed by atoms with van der Waals surface area (Å²) in [7, 11) is 0. The van der Waals surface area contributed by atoms with E-state index in [9.17, 15) is 4.79 Å². The molecule has 3 nitrogen and oxygen atoms in total. The van der Waals surface area contributed by atoms with Crippen molar-refractivity contribution in [1.82, 2.24) is 5.32 Å². The Morgan fingerprint density at radius 3 is 3.00 bits per heavy atom. The van der Waals surface area contributed by atoms with E-state index in [2.05, 4.69) is 30.4 Å². The van der Waals surface area contributed by atoms with Crippen LogP contribution in [0.5, 0.6) is 0 Å². The van der Waals surface area contributed by atoms with Gasteiger partial charge in [-0.1, -0.05) is 31.2 Å². The monoisotopic (exact) mass is 219 g/mol. The first-order valence-electron chi connectivity index (χ1n) is 5.75. The average Bonchev–Trinajstić information content (AvgIpc) is 2.78. The SMILES string of the molecule is CCc1cccc(C2CC(C(=O)O)CN2)c1. The Kier molecular flexibility index (Phi) is 3.25. The molecule has 1 aliphatic heterocycles. The van der Waals surface area contributed by atoms with E-state index in [1.54, 1.807) is 0 Å². The highest BCUT2D eigenvalue weighted by Gasteiger charge is 2.29. The summed E-state index contributed by atoms with van der Waals surface area (Å²) in [4.78, 5) is 10.9. The average molecular weight is 219 g/mol. The van der Waals surface area contributed by atoms with E-state index in [0.29, 0.717) is 13.0 Å². The van der Waals surface area contributed by atoms with Crippen LogP contribution in [0.2, 0.25) is 0 Å². The Labute approximate surface area is 95.5 Å². The van der Waals surface area contributed by atoms with Crippen molar-refractivity contribution < 1.29 is 9.90 Å². The smallest absolute Gasteiger partial charge is 0.307 e. The van der Waals surface area contributed by atoms with Crippen molar-refractivity contribution in [2.75, 3.05) is 6.54 Å². The second-order valence-corrected chi connectivity index (χ2v) is 4.33. The van der Waals surface area contributed by atoms with E-state index in [4.69, 9.17) is 5.11 Å². The molecule has 1 aromatic rings. The van der Waals surface area contributed by atoms with Crippen LogP contribution in [0.3, 0.4) is 0 Å². The second kappa shape index (κ2) is 4.66. The largest absolute Gasteiger partial charge is 0.481 e. The molecule has 16 heavy (non-hydrogen) atoms. The van der Waals surface area contributed by atoms with Crippen LogP contribution < -0.4 is 5.32 Å². The van der Waals surface area contributed by atoms with Crippen LogP contribution in [0.1, 0.15) is 30.5 Å². The van der Waals surface area contributed by atoms with Gasteiger partial charge in [-0.25, -0.2) is 0 Å². The summed E-state index contributed by atoms with van der Waals surface area (Å²) in [6, 6.07) is 8.59. The van der Waals surface area contributed by atoms with Crippen LogP contribution in [0, 0.1) is 5.92 Å². The summed E-state index contributed by atoms with van der Waals surface area (Å²) < 4.78 is 0. The third-order valence-electron chi connectivity index (χ3n) is 3.24. The molecule has 86 valence electrons. The molecule has 0 saturated carbocycles. The quantitative estimate of drug-likeness (QED) is 0.817. The Bertz CT molecular complexity index is 389. The number of hydrogen-bond donors (Lipinski definition) is 2. The van der Waals surface area contributed by atoms with E-state index in [1.165, 1.54) is 11.1 Å². The predicted molar refractivity (Wildman–Crippen MR) is 62.3 cm³/mol. The van der Waals surface area contributed by atoms with Crippen LogP contribution in [-0.2, 0) is 11.2 Å². The number of carbonyl (C=O) groups is 1. The van der Waals surface area contributed by atoms with E-state index < -0.39 is 5.97 Å². The maximum Gasteiger partial charge on any atom is 0.307 e. The zero-order valence-corrected chi connectivity index (χ0v) is 9.44. The number of hydrogen-bond acceptors (Lipinski definition) is 2. The third kappa shape index (κ3) is 2.25. The fourth-order valence-electron chi connectivity index (χ4n) is 2.21. The van der Waals surface area contributed by atoms with Crippen LogP contribution in [0.25, 0.3) is 0 Å². The van der Waals surface area contributed by atoms with E-state index in [0.717, 1.165) is 6.42 Å². The van der Waals surface area contributed by atoms with Gasteiger partial charge in [-0.05, 0) is 24.0 Å². The van der Waals surface area contributed by atoms with Crippen molar-refractivity contribution in [2.24, 2.45) is 5.92 Å². The van der Waals surface area contributed by atoms with Gasteiger partial charge in [0.15, 0.2) is 0 Å². The maximum atomic E-state index is 10.9. The lowest BCUT2D eigenvalue weighted by atomic mass is 9.98. The van der Waals surface area contributed by atoms with Crippen molar-refractivity contribution in [2.45, 2.75) is 25.8 Å². The summed E-state index contributed by atoms with van der Waals surface area (Å²) in [5.74, 6) is -0.933. The molecule has 2 unspecified atom stereocenters.